The Morgan fingerprint density at radius 3 is 3.22 bits per heavy atom. The fourth-order valence-electron chi connectivity index (χ4n) is 1.99. The van der Waals surface area contributed by atoms with E-state index in [2.05, 4.69) is 20.1 Å². The van der Waals surface area contributed by atoms with Crippen molar-refractivity contribution in [3.8, 4) is 11.3 Å². The number of H-pyrrole nitrogens is 1. The molecule has 7 heteroatoms. The van der Waals surface area contributed by atoms with Gasteiger partial charge < -0.3 is 10.7 Å². The molecule has 0 atom stereocenters. The molecule has 0 aliphatic rings. The van der Waals surface area contributed by atoms with E-state index in [9.17, 15) is 0 Å². The number of nitrogens with zero attached hydrogens (tertiary/aromatic N) is 4. The highest BCUT2D eigenvalue weighted by atomic mass is 32.1. The van der Waals surface area contributed by atoms with Crippen molar-refractivity contribution in [1.29, 1.82) is 0 Å². The van der Waals surface area contributed by atoms with E-state index in [0.717, 1.165) is 27.3 Å². The number of aromatic amines is 1. The van der Waals surface area contributed by atoms with Crippen molar-refractivity contribution >= 4 is 33.3 Å². The van der Waals surface area contributed by atoms with Gasteiger partial charge in [0.2, 0.25) is 10.9 Å². The molecule has 0 radical (unpaired) electrons. The molecule has 0 bridgehead atoms. The van der Waals surface area contributed by atoms with Crippen LogP contribution in [0, 0.1) is 0 Å². The van der Waals surface area contributed by atoms with Crippen LogP contribution in [0.25, 0.3) is 27.3 Å². The highest BCUT2D eigenvalue weighted by molar-refractivity contribution is 7.15. The average molecular weight is 256 g/mol. The Morgan fingerprint density at radius 1 is 1.33 bits per heavy atom. The summed E-state index contributed by atoms with van der Waals surface area (Å²) < 4.78 is 1.76. The van der Waals surface area contributed by atoms with Gasteiger partial charge in [-0.3, -0.25) is 0 Å². The van der Waals surface area contributed by atoms with Crippen molar-refractivity contribution in [1.82, 2.24) is 24.6 Å². The Hall–Kier alpha value is -2.41. The zero-order valence-corrected chi connectivity index (χ0v) is 9.98. The van der Waals surface area contributed by atoms with Gasteiger partial charge in [-0.05, 0) is 12.1 Å². The molecule has 1 aromatic carbocycles. The van der Waals surface area contributed by atoms with E-state index >= 15 is 0 Å². The second-order valence-corrected chi connectivity index (χ2v) is 4.76. The van der Waals surface area contributed by atoms with Crippen molar-refractivity contribution in [3.63, 3.8) is 0 Å². The van der Waals surface area contributed by atoms with Gasteiger partial charge in [-0.25, -0.2) is 9.50 Å². The maximum absolute atomic E-state index is 5.60. The van der Waals surface area contributed by atoms with Crippen LogP contribution in [0.5, 0.6) is 0 Å². The molecule has 3 aromatic heterocycles. The maximum Gasteiger partial charge on any atom is 0.241 e. The van der Waals surface area contributed by atoms with Crippen molar-refractivity contribution in [2.24, 2.45) is 0 Å². The summed E-state index contributed by atoms with van der Waals surface area (Å²) in [4.78, 5) is 12.2. The predicted octanol–water partition coefficient (Wildman–Crippen LogP) is 1.92. The minimum atomic E-state index is 0.297. The van der Waals surface area contributed by atoms with Gasteiger partial charge in [-0.2, -0.15) is 4.98 Å². The number of imidazole rings is 1. The van der Waals surface area contributed by atoms with Crippen LogP contribution in [0.2, 0.25) is 0 Å². The quantitative estimate of drug-likeness (QED) is 0.545. The minimum absolute atomic E-state index is 0.297. The Labute approximate surface area is 105 Å². The molecule has 0 saturated carbocycles. The Kier molecular flexibility index (Phi) is 1.76. The van der Waals surface area contributed by atoms with E-state index in [1.807, 2.05) is 23.6 Å². The van der Waals surface area contributed by atoms with Crippen LogP contribution < -0.4 is 5.73 Å². The summed E-state index contributed by atoms with van der Waals surface area (Å²) in [5.74, 6) is 0.297. The van der Waals surface area contributed by atoms with Gasteiger partial charge in [0.25, 0.3) is 0 Å². The molecule has 0 aliphatic heterocycles. The van der Waals surface area contributed by atoms with Gasteiger partial charge in [-0.15, -0.1) is 16.4 Å². The van der Waals surface area contributed by atoms with Crippen LogP contribution in [-0.4, -0.2) is 24.6 Å². The van der Waals surface area contributed by atoms with E-state index < -0.39 is 0 Å². The molecule has 0 unspecified atom stereocenters. The highest BCUT2D eigenvalue weighted by Gasteiger charge is 2.10. The van der Waals surface area contributed by atoms with Crippen LogP contribution in [0.1, 0.15) is 0 Å². The van der Waals surface area contributed by atoms with E-state index in [1.165, 1.54) is 11.3 Å². The number of hydrogen-bond donors (Lipinski definition) is 2. The maximum atomic E-state index is 5.60. The average Bonchev–Trinajstić information content (AvgIpc) is 3.01. The molecule has 4 rings (SSSR count). The van der Waals surface area contributed by atoms with Gasteiger partial charge in [0.15, 0.2) is 0 Å². The van der Waals surface area contributed by atoms with Crippen LogP contribution in [-0.2, 0) is 0 Å². The Morgan fingerprint density at radius 2 is 2.28 bits per heavy atom. The first-order valence-corrected chi connectivity index (χ1v) is 6.22. The number of nitrogen functional groups attached to an aromatic ring is 1. The molecule has 88 valence electrons. The number of nitrogens with one attached hydrogen (secondary N) is 1. The molecular formula is C11H8N6S. The SMILES string of the molecule is Nc1nc2scc(-c3ccc4nc[nH]c4c3)n2n1. The van der Waals surface area contributed by atoms with E-state index in [4.69, 9.17) is 5.73 Å². The molecule has 18 heavy (non-hydrogen) atoms. The number of benzene rings is 1. The third-order valence-corrected chi connectivity index (χ3v) is 3.63. The number of fused-ring (bicyclic) bond motifs is 2. The second-order valence-electron chi connectivity index (χ2n) is 3.92. The molecule has 3 N–H and O–H groups in total. The van der Waals surface area contributed by atoms with Gasteiger partial charge in [0.1, 0.15) is 0 Å². The van der Waals surface area contributed by atoms with Gasteiger partial charge in [0, 0.05) is 10.9 Å². The normalized spacial score (nSPS) is 11.6. The molecule has 3 heterocycles. The second kappa shape index (κ2) is 3.30. The van der Waals surface area contributed by atoms with Gasteiger partial charge in [0.05, 0.1) is 23.1 Å². The third kappa shape index (κ3) is 1.25. The standard InChI is InChI=1S/C11H8N6S/c12-10-15-11-17(16-10)9(4-18-11)6-1-2-7-8(3-6)14-5-13-7/h1-5H,(H2,12,16)(H,13,14). The summed E-state index contributed by atoms with van der Waals surface area (Å²) in [7, 11) is 0. The Balaban J connectivity index is 1.99. The van der Waals surface area contributed by atoms with E-state index in [0.29, 0.717) is 5.95 Å². The first kappa shape index (κ1) is 9.60. The lowest BCUT2D eigenvalue weighted by atomic mass is 10.1. The van der Waals surface area contributed by atoms with Crippen molar-refractivity contribution in [2.45, 2.75) is 0 Å². The fourth-order valence-corrected chi connectivity index (χ4v) is 2.83. The molecular weight excluding hydrogens is 248 g/mol. The summed E-state index contributed by atoms with van der Waals surface area (Å²) in [5, 5.41) is 6.21. The highest BCUT2D eigenvalue weighted by Crippen LogP contribution is 2.27. The third-order valence-electron chi connectivity index (χ3n) is 2.81. The topological polar surface area (TPSA) is 84.9 Å². The molecule has 0 saturated heterocycles. The molecule has 0 aliphatic carbocycles. The molecule has 4 aromatic rings. The first-order valence-electron chi connectivity index (χ1n) is 5.34. The number of thiazole rings is 1. The van der Waals surface area contributed by atoms with Crippen LogP contribution in [0.3, 0.4) is 0 Å². The van der Waals surface area contributed by atoms with Gasteiger partial charge in [-0.1, -0.05) is 6.07 Å². The summed E-state index contributed by atoms with van der Waals surface area (Å²) >= 11 is 1.52. The largest absolute Gasteiger partial charge is 0.366 e. The van der Waals surface area contributed by atoms with Gasteiger partial charge >= 0.3 is 0 Å². The zero-order valence-electron chi connectivity index (χ0n) is 9.16. The fraction of sp³-hybridized carbons (Fsp3) is 0. The van der Waals surface area contributed by atoms with Crippen LogP contribution >= 0.6 is 11.3 Å². The number of rotatable bonds is 1. The zero-order chi connectivity index (χ0) is 12.1. The van der Waals surface area contributed by atoms with E-state index in [1.54, 1.807) is 10.8 Å². The van der Waals surface area contributed by atoms with Crippen LogP contribution in [0.4, 0.5) is 5.95 Å². The summed E-state index contributed by atoms with van der Waals surface area (Å²) in [6, 6.07) is 6.04. The predicted molar refractivity (Wildman–Crippen MR) is 70.4 cm³/mol. The number of hydrogen-bond acceptors (Lipinski definition) is 5. The monoisotopic (exact) mass is 256 g/mol. The lowest BCUT2D eigenvalue weighted by molar-refractivity contribution is 0.993. The lowest BCUT2D eigenvalue weighted by Crippen LogP contribution is -1.91. The molecule has 0 fully saturated rings. The summed E-state index contributed by atoms with van der Waals surface area (Å²) in [6.45, 7) is 0. The first-order chi connectivity index (χ1) is 8.81. The smallest absolute Gasteiger partial charge is 0.241 e. The minimum Gasteiger partial charge on any atom is -0.366 e. The van der Waals surface area contributed by atoms with Crippen molar-refractivity contribution in [2.75, 3.05) is 5.73 Å². The lowest BCUT2D eigenvalue weighted by Gasteiger charge is -1.98. The number of aromatic nitrogens is 5. The van der Waals surface area contributed by atoms with Crippen molar-refractivity contribution < 1.29 is 0 Å². The van der Waals surface area contributed by atoms with E-state index in [-0.39, 0.29) is 0 Å². The molecule has 0 amide bonds. The van der Waals surface area contributed by atoms with Crippen molar-refractivity contribution in [3.05, 3.63) is 29.9 Å². The summed E-state index contributed by atoms with van der Waals surface area (Å²) in [5.41, 5.74) is 9.59. The van der Waals surface area contributed by atoms with Crippen LogP contribution in [0.15, 0.2) is 29.9 Å². The summed E-state index contributed by atoms with van der Waals surface area (Å²) in [6.07, 6.45) is 1.69. The Bertz CT molecular complexity index is 855. The number of nitrogens with two attached hydrogens (primary N) is 1. The molecule has 6 nitrogen and oxygen atoms in total. The molecule has 0 spiro atoms. The number of anilines is 1.